The largest absolute Gasteiger partial charge is 0.588 e. The van der Waals surface area contributed by atoms with E-state index in [0.717, 1.165) is 5.69 Å². The first kappa shape index (κ1) is 20.0. The van der Waals surface area contributed by atoms with Crippen LogP contribution < -0.4 is 20.5 Å². The summed E-state index contributed by atoms with van der Waals surface area (Å²) in [6, 6.07) is 19.0. The minimum atomic E-state index is -1.60. The predicted octanol–water partition coefficient (Wildman–Crippen LogP) is 4.01. The summed E-state index contributed by atoms with van der Waals surface area (Å²) in [5.74, 6) is 0.124. The number of hydrogen-bond acceptors (Lipinski definition) is 5. The molecule has 0 fully saturated rings. The molecule has 0 aliphatic heterocycles. The predicted molar refractivity (Wildman–Crippen MR) is 112 cm³/mol. The maximum atomic E-state index is 14.1. The number of nitrogens with two attached hydrogens (primary N) is 1. The second kappa shape index (κ2) is 9.45. The Morgan fingerprint density at radius 2 is 1.82 bits per heavy atom. The van der Waals surface area contributed by atoms with Crippen molar-refractivity contribution in [1.29, 1.82) is 0 Å². The highest BCUT2D eigenvalue weighted by Gasteiger charge is 2.20. The van der Waals surface area contributed by atoms with Gasteiger partial charge in [0.2, 0.25) is 4.90 Å². The fraction of sp³-hybridized carbons (Fsp3) is 0.143. The molecule has 0 bridgehead atoms. The number of nitrogens with one attached hydrogen (secondary N) is 2. The molecule has 5 nitrogen and oxygen atoms in total. The highest BCUT2D eigenvalue weighted by molar-refractivity contribution is 7.92. The Hall–Kier alpha value is -2.74. The van der Waals surface area contributed by atoms with Gasteiger partial charge in [0.25, 0.3) is 0 Å². The van der Waals surface area contributed by atoms with E-state index in [-0.39, 0.29) is 5.82 Å². The molecular weight excluding hydrogens is 377 g/mol. The normalized spacial score (nSPS) is 11.7. The van der Waals surface area contributed by atoms with Crippen LogP contribution in [-0.4, -0.2) is 24.8 Å². The van der Waals surface area contributed by atoms with Crippen LogP contribution >= 0.6 is 0 Å². The summed E-state index contributed by atoms with van der Waals surface area (Å²) >= 11 is -1.60. The lowest BCUT2D eigenvalue weighted by molar-refractivity contribution is 0.403. The van der Waals surface area contributed by atoms with Gasteiger partial charge in [-0.05, 0) is 35.9 Å². The van der Waals surface area contributed by atoms with Crippen LogP contribution in [0, 0.1) is 5.82 Å². The van der Waals surface area contributed by atoms with E-state index < -0.39 is 11.4 Å². The van der Waals surface area contributed by atoms with Crippen molar-refractivity contribution in [2.75, 3.05) is 30.2 Å². The molecule has 1 unspecified atom stereocenters. The van der Waals surface area contributed by atoms with E-state index in [1.807, 2.05) is 24.3 Å². The van der Waals surface area contributed by atoms with E-state index in [0.29, 0.717) is 40.5 Å². The van der Waals surface area contributed by atoms with Gasteiger partial charge >= 0.3 is 0 Å². The average Bonchev–Trinajstić information content (AvgIpc) is 2.72. The number of rotatable bonds is 8. The molecule has 0 aliphatic rings. The Labute approximate surface area is 167 Å². The molecule has 1 atom stereocenters. The molecule has 28 heavy (non-hydrogen) atoms. The molecule has 4 N–H and O–H groups in total. The third-order valence-corrected chi connectivity index (χ3v) is 5.23. The minimum absolute atomic E-state index is 0.337. The number of ether oxygens (including phenoxy) is 1. The van der Waals surface area contributed by atoms with Gasteiger partial charge in [0, 0.05) is 30.4 Å². The summed E-state index contributed by atoms with van der Waals surface area (Å²) in [5, 5.41) is 3.18. The molecule has 7 heteroatoms. The number of methoxy groups -OCH3 is 1. The zero-order valence-electron chi connectivity index (χ0n) is 15.4. The van der Waals surface area contributed by atoms with Gasteiger partial charge in [-0.1, -0.05) is 30.3 Å². The molecule has 0 amide bonds. The van der Waals surface area contributed by atoms with Crippen LogP contribution in [0.1, 0.15) is 0 Å². The summed E-state index contributed by atoms with van der Waals surface area (Å²) in [5.41, 5.74) is 8.13. The summed E-state index contributed by atoms with van der Waals surface area (Å²) in [4.78, 5) is 0.434. The summed E-state index contributed by atoms with van der Waals surface area (Å²) in [6.45, 7) is 1.16. The van der Waals surface area contributed by atoms with Crippen LogP contribution in [0.3, 0.4) is 0 Å². The van der Waals surface area contributed by atoms with Gasteiger partial charge in [-0.2, -0.15) is 0 Å². The minimum Gasteiger partial charge on any atom is -0.588 e. The summed E-state index contributed by atoms with van der Waals surface area (Å²) < 4.78 is 35.4. The third kappa shape index (κ3) is 4.75. The topological polar surface area (TPSA) is 82.4 Å². The van der Waals surface area contributed by atoms with Gasteiger partial charge in [-0.15, -0.1) is 0 Å². The molecule has 0 aliphatic carbocycles. The van der Waals surface area contributed by atoms with Crippen LogP contribution in [0.4, 0.5) is 15.8 Å². The van der Waals surface area contributed by atoms with Crippen LogP contribution in [0.25, 0.3) is 11.1 Å². The van der Waals surface area contributed by atoms with Crippen molar-refractivity contribution in [1.82, 2.24) is 0 Å². The van der Waals surface area contributed by atoms with Gasteiger partial charge < -0.3 is 20.3 Å². The highest BCUT2D eigenvalue weighted by Crippen LogP contribution is 2.32. The standard InChI is InChI=1S/C21H22FN3O2S/c1-27-20-10-9-15(18-7-2-3-8-19(18)22)13-21(20)28(26)25-17-6-4-5-16(14-17)24-12-11-23/h2-10,13-14,24-25H,11-12,23H2,1H3. The van der Waals surface area contributed by atoms with Gasteiger partial charge in [-0.25, -0.2) is 9.11 Å². The van der Waals surface area contributed by atoms with Crippen LogP contribution in [0.15, 0.2) is 71.6 Å². The summed E-state index contributed by atoms with van der Waals surface area (Å²) in [7, 11) is 1.51. The van der Waals surface area contributed by atoms with E-state index in [1.165, 1.54) is 13.2 Å². The Kier molecular flexibility index (Phi) is 6.76. The average molecular weight is 399 g/mol. The quantitative estimate of drug-likeness (QED) is 0.499. The Morgan fingerprint density at radius 3 is 2.57 bits per heavy atom. The first-order valence-electron chi connectivity index (χ1n) is 8.77. The van der Waals surface area contributed by atoms with E-state index >= 15 is 0 Å². The van der Waals surface area contributed by atoms with E-state index in [9.17, 15) is 8.94 Å². The van der Waals surface area contributed by atoms with Crippen molar-refractivity contribution >= 4 is 22.7 Å². The Balaban J connectivity index is 1.87. The van der Waals surface area contributed by atoms with E-state index in [1.54, 1.807) is 36.4 Å². The summed E-state index contributed by atoms with van der Waals surface area (Å²) in [6.07, 6.45) is 0. The molecule has 0 saturated heterocycles. The highest BCUT2D eigenvalue weighted by atomic mass is 32.2. The maximum absolute atomic E-state index is 14.1. The van der Waals surface area contributed by atoms with Gasteiger partial charge in [-0.3, -0.25) is 0 Å². The number of anilines is 2. The SMILES string of the molecule is COc1ccc(-c2ccccc2F)cc1[S+]([O-])Nc1cccc(NCCN)c1. The van der Waals surface area contributed by atoms with Crippen molar-refractivity contribution in [3.8, 4) is 16.9 Å². The third-order valence-electron chi connectivity index (χ3n) is 4.09. The van der Waals surface area contributed by atoms with Gasteiger partial charge in [0.05, 0.1) is 12.8 Å². The van der Waals surface area contributed by atoms with Crippen molar-refractivity contribution in [3.05, 3.63) is 72.5 Å². The van der Waals surface area contributed by atoms with Crippen LogP contribution in [0.2, 0.25) is 0 Å². The lowest BCUT2D eigenvalue weighted by atomic mass is 10.1. The molecule has 3 aromatic rings. The number of hydrogen-bond donors (Lipinski definition) is 3. The van der Waals surface area contributed by atoms with Crippen LogP contribution in [-0.2, 0) is 11.4 Å². The smallest absolute Gasteiger partial charge is 0.222 e. The molecular formula is C21H22FN3O2S. The molecule has 0 saturated carbocycles. The van der Waals surface area contributed by atoms with E-state index in [2.05, 4.69) is 10.0 Å². The lowest BCUT2D eigenvalue weighted by Crippen LogP contribution is -2.15. The molecule has 0 aromatic heterocycles. The fourth-order valence-corrected chi connectivity index (χ4v) is 3.77. The zero-order chi connectivity index (χ0) is 19.9. The monoisotopic (exact) mass is 399 g/mol. The second-order valence-electron chi connectivity index (χ2n) is 6.01. The van der Waals surface area contributed by atoms with Crippen molar-refractivity contribution in [3.63, 3.8) is 0 Å². The molecule has 3 aromatic carbocycles. The molecule has 0 radical (unpaired) electrons. The molecule has 146 valence electrons. The lowest BCUT2D eigenvalue weighted by Gasteiger charge is -2.16. The van der Waals surface area contributed by atoms with E-state index in [4.69, 9.17) is 10.5 Å². The van der Waals surface area contributed by atoms with Crippen molar-refractivity contribution in [2.45, 2.75) is 4.90 Å². The Morgan fingerprint density at radius 1 is 1.04 bits per heavy atom. The fourth-order valence-electron chi connectivity index (χ4n) is 2.76. The Bertz CT molecular complexity index is 939. The first-order chi connectivity index (χ1) is 13.6. The molecule has 3 rings (SSSR count). The number of halogens is 1. The second-order valence-corrected chi connectivity index (χ2v) is 7.19. The van der Waals surface area contributed by atoms with Crippen molar-refractivity contribution in [2.24, 2.45) is 5.73 Å². The number of benzene rings is 3. The first-order valence-corrected chi connectivity index (χ1v) is 9.92. The molecule has 0 heterocycles. The molecule has 0 spiro atoms. The van der Waals surface area contributed by atoms with Gasteiger partial charge in [0.1, 0.15) is 17.2 Å². The van der Waals surface area contributed by atoms with Crippen LogP contribution in [0.5, 0.6) is 5.75 Å². The maximum Gasteiger partial charge on any atom is 0.222 e. The van der Waals surface area contributed by atoms with Gasteiger partial charge in [0.15, 0.2) is 5.75 Å². The zero-order valence-corrected chi connectivity index (χ0v) is 16.3. The van der Waals surface area contributed by atoms with Crippen molar-refractivity contribution < 1.29 is 13.7 Å².